The Bertz CT molecular complexity index is 1650. The summed E-state index contributed by atoms with van der Waals surface area (Å²) in [6, 6.07) is 13.3. The lowest BCUT2D eigenvalue weighted by molar-refractivity contribution is -0.373. The second-order valence-electron chi connectivity index (χ2n) is 17.8. The summed E-state index contributed by atoms with van der Waals surface area (Å²) >= 11 is 0. The molecule has 14 heteroatoms. The number of ether oxygens (including phenoxy) is 4. The number of aliphatic hydroxyl groups is 2. The van der Waals surface area contributed by atoms with Gasteiger partial charge in [0.25, 0.3) is 11.8 Å². The Morgan fingerprint density at radius 2 is 1.13 bits per heavy atom. The number of hydroxylamine groups is 4. The average molecular weight is 753 g/mol. The number of aliphatic hydroxyl groups excluding tert-OH is 2. The number of nitrogens with one attached hydrogen (secondary N) is 2. The summed E-state index contributed by atoms with van der Waals surface area (Å²) in [4.78, 5) is 27.6. The fraction of sp³-hybridized carbons (Fsp3) is 0.650. The lowest BCUT2D eigenvalue weighted by atomic mass is 9.79. The van der Waals surface area contributed by atoms with Crippen LogP contribution >= 0.6 is 0 Å². The maximum absolute atomic E-state index is 13.8. The van der Waals surface area contributed by atoms with Crippen LogP contribution in [0.25, 0.3) is 0 Å². The second kappa shape index (κ2) is 15.1. The molecule has 14 nitrogen and oxygen atoms in total. The molecule has 54 heavy (non-hydrogen) atoms. The monoisotopic (exact) mass is 752 g/mol. The minimum atomic E-state index is -1.37. The Kier molecular flexibility index (Phi) is 11.4. The number of carbonyl (C=O) groups excluding carboxylic acids is 2. The van der Waals surface area contributed by atoms with Crippen LogP contribution < -0.4 is 10.6 Å². The third-order valence-electron chi connectivity index (χ3n) is 11.3. The molecule has 296 valence electrons. The first-order chi connectivity index (χ1) is 25.2. The number of nitrogens with zero attached hydrogens (tertiary/aromatic N) is 2. The molecule has 0 aromatic heterocycles. The average Bonchev–Trinajstić information content (AvgIpc) is 3.11. The predicted molar refractivity (Wildman–Crippen MR) is 194 cm³/mol. The van der Waals surface area contributed by atoms with Crippen molar-refractivity contribution in [2.24, 2.45) is 0 Å². The summed E-state index contributed by atoms with van der Waals surface area (Å²) in [5, 5.41) is 55.4. The third kappa shape index (κ3) is 8.10. The first-order valence-electron chi connectivity index (χ1n) is 18.9. The van der Waals surface area contributed by atoms with E-state index < -0.39 is 65.8 Å². The molecule has 2 amide bonds. The lowest BCUT2D eigenvalue weighted by Gasteiger charge is -2.50. The number of rotatable bonds is 8. The Labute approximate surface area is 317 Å². The van der Waals surface area contributed by atoms with Crippen LogP contribution in [0.1, 0.15) is 125 Å². The zero-order chi connectivity index (χ0) is 39.4. The Balaban J connectivity index is 1.18. The van der Waals surface area contributed by atoms with Gasteiger partial charge in [0.1, 0.15) is 24.4 Å². The number of hydrogen-bond donors (Lipinski definition) is 4. The largest absolute Gasteiger partial charge is 0.394 e. The van der Waals surface area contributed by atoms with E-state index in [0.29, 0.717) is 47.9 Å². The van der Waals surface area contributed by atoms with Gasteiger partial charge >= 0.3 is 0 Å². The van der Waals surface area contributed by atoms with Crippen molar-refractivity contribution in [1.82, 2.24) is 20.8 Å². The van der Waals surface area contributed by atoms with Gasteiger partial charge in [-0.05, 0) is 93.2 Å². The fourth-order valence-electron chi connectivity index (χ4n) is 9.16. The van der Waals surface area contributed by atoms with Gasteiger partial charge in [0, 0.05) is 56.5 Å². The van der Waals surface area contributed by atoms with E-state index >= 15 is 0 Å². The Morgan fingerprint density at radius 3 is 1.57 bits per heavy atom. The Hall–Kier alpha value is -3.02. The molecule has 6 rings (SSSR count). The quantitative estimate of drug-likeness (QED) is 0.306. The molecule has 4 aliphatic heterocycles. The summed E-state index contributed by atoms with van der Waals surface area (Å²) in [5.74, 6) is -0.688. The van der Waals surface area contributed by atoms with E-state index in [1.807, 2.05) is 55.4 Å². The molecule has 0 spiro atoms. The van der Waals surface area contributed by atoms with Crippen molar-refractivity contribution >= 4 is 11.8 Å². The van der Waals surface area contributed by atoms with E-state index in [0.717, 1.165) is 10.1 Å². The van der Waals surface area contributed by atoms with Gasteiger partial charge in [-0.3, -0.25) is 9.59 Å². The van der Waals surface area contributed by atoms with E-state index in [4.69, 9.17) is 18.9 Å². The van der Waals surface area contributed by atoms with Crippen LogP contribution in [0.5, 0.6) is 0 Å². The number of benzene rings is 2. The van der Waals surface area contributed by atoms with Gasteiger partial charge in [-0.25, -0.2) is 0 Å². The van der Waals surface area contributed by atoms with Gasteiger partial charge in [-0.15, -0.1) is 20.5 Å². The van der Waals surface area contributed by atoms with Crippen LogP contribution in [0.15, 0.2) is 48.5 Å². The first kappa shape index (κ1) is 40.6. The van der Waals surface area contributed by atoms with Gasteiger partial charge in [-0.1, -0.05) is 36.4 Å². The molecule has 6 unspecified atom stereocenters. The fourth-order valence-corrected chi connectivity index (χ4v) is 9.16. The van der Waals surface area contributed by atoms with Crippen LogP contribution in [-0.2, 0) is 29.4 Å². The van der Waals surface area contributed by atoms with Crippen molar-refractivity contribution < 1.29 is 49.2 Å². The van der Waals surface area contributed by atoms with E-state index in [1.165, 1.54) is 0 Å². The van der Waals surface area contributed by atoms with E-state index in [2.05, 4.69) is 10.6 Å². The number of hydrogen-bond acceptors (Lipinski definition) is 10. The van der Waals surface area contributed by atoms with E-state index in [9.17, 15) is 30.2 Å². The third-order valence-corrected chi connectivity index (χ3v) is 11.3. The highest BCUT2D eigenvalue weighted by molar-refractivity contribution is 5.96. The van der Waals surface area contributed by atoms with Gasteiger partial charge in [0.15, 0.2) is 12.6 Å². The highest BCUT2D eigenvalue weighted by Gasteiger charge is 2.51. The maximum atomic E-state index is 13.8. The molecule has 4 aliphatic rings. The topological polar surface area (TPSA) is 182 Å². The van der Waals surface area contributed by atoms with Crippen LogP contribution in [0.3, 0.4) is 0 Å². The smallest absolute Gasteiger partial charge is 0.251 e. The molecule has 6 atom stereocenters. The SMILES string of the molecule is CC1(C)CC(NC(=O)c2ccccc2C2OC3COC(c4ccccc4C(=O)NC4CC(C)(C)N([O])C(C)(C)C4)OC3C(C(O)CO)O2)CC(C)(C)N1[O]. The molecule has 2 aromatic rings. The summed E-state index contributed by atoms with van der Waals surface area (Å²) in [6.07, 6.45) is -4.40. The highest BCUT2D eigenvalue weighted by Crippen LogP contribution is 2.42. The number of amides is 2. The van der Waals surface area contributed by atoms with Crippen molar-refractivity contribution in [3.63, 3.8) is 0 Å². The predicted octanol–water partition coefficient (Wildman–Crippen LogP) is 4.13. The number of carbonyl (C=O) groups is 2. The molecule has 0 bridgehead atoms. The van der Waals surface area contributed by atoms with Crippen LogP contribution in [0, 0.1) is 0 Å². The molecule has 0 aliphatic carbocycles. The van der Waals surface area contributed by atoms with Gasteiger partial charge < -0.3 is 39.8 Å². The van der Waals surface area contributed by atoms with Crippen molar-refractivity contribution in [3.05, 3.63) is 70.8 Å². The second-order valence-corrected chi connectivity index (χ2v) is 17.8. The standard InChI is InChI=1S/C40H56N4O10/c1-37(2)17-23(18-38(3,4)43(37)49)41-33(47)25-13-9-11-15-27(25)35-51-22-30-32(54-35)31(29(46)21-45)53-36(52-30)28-16-12-10-14-26(28)34(48)42-24-19-39(5,6)44(50)40(7,8)20-24/h9-16,23-24,29-32,35-36,45-46H,17-22H2,1-8H3,(H,41,47)(H,42,48). The van der Waals surface area contributed by atoms with Crippen molar-refractivity contribution in [2.75, 3.05) is 13.2 Å². The van der Waals surface area contributed by atoms with Crippen molar-refractivity contribution in [1.29, 1.82) is 0 Å². The summed E-state index contributed by atoms with van der Waals surface area (Å²) in [7, 11) is 0. The van der Waals surface area contributed by atoms with Crippen LogP contribution in [0.4, 0.5) is 0 Å². The van der Waals surface area contributed by atoms with Crippen molar-refractivity contribution in [2.45, 2.75) is 152 Å². The Morgan fingerprint density at radius 1 is 0.704 bits per heavy atom. The zero-order valence-electron chi connectivity index (χ0n) is 32.5. The number of fused-ring (bicyclic) bond motifs is 1. The zero-order valence-corrected chi connectivity index (χ0v) is 32.5. The summed E-state index contributed by atoms with van der Waals surface area (Å²) in [6.45, 7) is 14.3. The molecular weight excluding hydrogens is 696 g/mol. The molecule has 2 radical (unpaired) electrons. The molecule has 4 saturated heterocycles. The molecule has 0 saturated carbocycles. The molecule has 2 aromatic carbocycles. The minimum absolute atomic E-state index is 0.00354. The normalized spacial score (nSPS) is 30.6. The van der Waals surface area contributed by atoms with Gasteiger partial charge in [0.05, 0.1) is 13.2 Å². The first-order valence-corrected chi connectivity index (χ1v) is 18.9. The van der Waals surface area contributed by atoms with Gasteiger partial charge in [0.2, 0.25) is 0 Å². The van der Waals surface area contributed by atoms with Crippen molar-refractivity contribution in [3.8, 4) is 0 Å². The maximum Gasteiger partial charge on any atom is 0.251 e. The van der Waals surface area contributed by atoms with Crippen LogP contribution in [-0.4, -0.2) is 104 Å². The van der Waals surface area contributed by atoms with Gasteiger partial charge in [-0.2, -0.15) is 0 Å². The van der Waals surface area contributed by atoms with E-state index in [1.54, 1.807) is 48.5 Å². The highest BCUT2D eigenvalue weighted by atomic mass is 16.8. The van der Waals surface area contributed by atoms with Crippen LogP contribution in [0.2, 0.25) is 0 Å². The summed E-state index contributed by atoms with van der Waals surface area (Å²) < 4.78 is 25.3. The molecule has 4 heterocycles. The number of piperidine rings is 2. The summed E-state index contributed by atoms with van der Waals surface area (Å²) in [5.41, 5.74) is -1.16. The van der Waals surface area contributed by atoms with E-state index in [-0.39, 0.29) is 30.5 Å². The molecular formula is C40H56N4O10. The molecule has 4 N–H and O–H groups in total. The molecule has 4 fully saturated rings. The lowest BCUT2D eigenvalue weighted by Crippen LogP contribution is -2.62. The minimum Gasteiger partial charge on any atom is -0.394 e.